The third-order valence-corrected chi connectivity index (χ3v) is 4.68. The number of hydrogen-bond acceptors (Lipinski definition) is 4. The Hall–Kier alpha value is -2.44. The maximum Gasteiger partial charge on any atom is 0.254 e. The highest BCUT2D eigenvalue weighted by Gasteiger charge is 2.30. The van der Waals surface area contributed by atoms with Gasteiger partial charge in [0.25, 0.3) is 5.91 Å². The largest absolute Gasteiger partial charge is 0.377 e. The van der Waals surface area contributed by atoms with E-state index in [0.717, 1.165) is 5.56 Å². The molecule has 1 fully saturated rings. The van der Waals surface area contributed by atoms with Crippen LogP contribution in [-0.4, -0.2) is 47.5 Å². The Labute approximate surface area is 157 Å². The summed E-state index contributed by atoms with van der Waals surface area (Å²) in [6, 6.07) is 8.43. The fourth-order valence-electron chi connectivity index (χ4n) is 2.85. The first-order chi connectivity index (χ1) is 12.5. The summed E-state index contributed by atoms with van der Waals surface area (Å²) in [4.78, 5) is 30.9. The molecule has 1 saturated heterocycles. The summed E-state index contributed by atoms with van der Waals surface area (Å²) in [5.74, 6) is -0.331. The number of ether oxygens (including phenoxy) is 1. The topological polar surface area (TPSA) is 71.5 Å². The maximum atomic E-state index is 12.9. The Balaban J connectivity index is 1.70. The normalized spacial score (nSPS) is 17.0. The Bertz CT molecular complexity index is 798. The predicted molar refractivity (Wildman–Crippen MR) is 99.3 cm³/mol. The van der Waals surface area contributed by atoms with Gasteiger partial charge in [-0.15, -0.1) is 0 Å². The van der Waals surface area contributed by atoms with Gasteiger partial charge in [0.05, 0.1) is 31.1 Å². The molecule has 136 valence electrons. The zero-order valence-electron chi connectivity index (χ0n) is 14.4. The molecule has 0 spiro atoms. The van der Waals surface area contributed by atoms with Crippen LogP contribution in [0.25, 0.3) is 0 Å². The Morgan fingerprint density at radius 1 is 1.38 bits per heavy atom. The summed E-state index contributed by atoms with van der Waals surface area (Å²) in [6.45, 7) is 3.10. The highest BCUT2D eigenvalue weighted by molar-refractivity contribution is 6.31. The highest BCUT2D eigenvalue weighted by atomic mass is 35.5. The van der Waals surface area contributed by atoms with Crippen molar-refractivity contribution in [3.8, 4) is 0 Å². The van der Waals surface area contributed by atoms with E-state index < -0.39 is 0 Å². The quantitative estimate of drug-likeness (QED) is 0.894. The Morgan fingerprint density at radius 3 is 2.96 bits per heavy atom. The van der Waals surface area contributed by atoms with Crippen LogP contribution in [0.4, 0.5) is 5.69 Å². The van der Waals surface area contributed by atoms with Crippen molar-refractivity contribution < 1.29 is 14.3 Å². The van der Waals surface area contributed by atoms with Crippen molar-refractivity contribution in [3.63, 3.8) is 0 Å². The predicted octanol–water partition coefficient (Wildman–Crippen LogP) is 2.91. The minimum Gasteiger partial charge on any atom is -0.377 e. The molecule has 0 unspecified atom stereocenters. The van der Waals surface area contributed by atoms with Crippen LogP contribution in [0.15, 0.2) is 42.7 Å². The summed E-state index contributed by atoms with van der Waals surface area (Å²) in [6.07, 6.45) is 3.37. The number of halogens is 1. The van der Waals surface area contributed by atoms with E-state index in [0.29, 0.717) is 36.0 Å². The molecule has 1 aliphatic rings. The lowest BCUT2D eigenvalue weighted by Crippen LogP contribution is -2.50. The molecule has 1 aromatic carbocycles. The smallest absolute Gasteiger partial charge is 0.254 e. The van der Waals surface area contributed by atoms with Gasteiger partial charge in [-0.3, -0.25) is 14.6 Å². The lowest BCUT2D eigenvalue weighted by atomic mass is 10.1. The van der Waals surface area contributed by atoms with Crippen LogP contribution >= 0.6 is 11.6 Å². The van der Waals surface area contributed by atoms with Crippen LogP contribution in [-0.2, 0) is 9.53 Å². The number of aromatic nitrogens is 1. The maximum absolute atomic E-state index is 12.9. The zero-order valence-corrected chi connectivity index (χ0v) is 15.2. The number of carbonyl (C=O) groups is 2. The van der Waals surface area contributed by atoms with E-state index >= 15 is 0 Å². The van der Waals surface area contributed by atoms with Gasteiger partial charge in [-0.05, 0) is 36.8 Å². The van der Waals surface area contributed by atoms with Crippen LogP contribution in [0.3, 0.4) is 0 Å². The number of nitrogens with zero attached hydrogens (tertiary/aromatic N) is 2. The number of rotatable bonds is 4. The minimum absolute atomic E-state index is 0.144. The van der Waals surface area contributed by atoms with E-state index in [-0.39, 0.29) is 24.3 Å². The van der Waals surface area contributed by atoms with Gasteiger partial charge >= 0.3 is 0 Å². The van der Waals surface area contributed by atoms with Gasteiger partial charge in [0.1, 0.15) is 0 Å². The number of aryl methyl sites for hydroxylation is 1. The van der Waals surface area contributed by atoms with Crippen molar-refractivity contribution in [2.45, 2.75) is 19.4 Å². The third kappa shape index (κ3) is 4.39. The SMILES string of the molecule is Cc1ccc(C(=O)N2CCOC[C@@H]2CC(=O)Nc2cccnc2)cc1Cl. The molecular weight excluding hydrogens is 354 g/mol. The molecule has 0 bridgehead atoms. The first kappa shape index (κ1) is 18.4. The van der Waals surface area contributed by atoms with E-state index in [1.54, 1.807) is 41.6 Å². The molecule has 1 aromatic heterocycles. The fourth-order valence-corrected chi connectivity index (χ4v) is 3.03. The van der Waals surface area contributed by atoms with Crippen LogP contribution in [0.5, 0.6) is 0 Å². The zero-order chi connectivity index (χ0) is 18.5. The van der Waals surface area contributed by atoms with Gasteiger partial charge in [0.15, 0.2) is 0 Å². The summed E-state index contributed by atoms with van der Waals surface area (Å²) in [7, 11) is 0. The molecule has 0 saturated carbocycles. The van der Waals surface area contributed by atoms with Crippen LogP contribution in [0.1, 0.15) is 22.3 Å². The van der Waals surface area contributed by atoms with E-state index in [1.807, 2.05) is 13.0 Å². The summed E-state index contributed by atoms with van der Waals surface area (Å²) in [5.41, 5.74) is 2.05. The van der Waals surface area contributed by atoms with Crippen molar-refractivity contribution in [1.82, 2.24) is 9.88 Å². The second-order valence-electron chi connectivity index (χ2n) is 6.19. The Kier molecular flexibility index (Phi) is 5.85. The fraction of sp³-hybridized carbons (Fsp3) is 0.316. The van der Waals surface area contributed by atoms with E-state index in [9.17, 15) is 9.59 Å². The molecule has 1 N–H and O–H groups in total. The average molecular weight is 374 g/mol. The van der Waals surface area contributed by atoms with Crippen LogP contribution in [0, 0.1) is 6.92 Å². The first-order valence-electron chi connectivity index (χ1n) is 8.39. The molecule has 1 atom stereocenters. The number of hydrogen-bond donors (Lipinski definition) is 1. The standard InChI is InChI=1S/C19H20ClN3O3/c1-13-4-5-14(9-17(13)20)19(25)23-7-8-26-12-16(23)10-18(24)22-15-3-2-6-21-11-15/h2-6,9,11,16H,7-8,10,12H2,1H3,(H,22,24)/t16-/m0/s1. The van der Waals surface area contributed by atoms with Gasteiger partial charge in [0.2, 0.25) is 5.91 Å². The highest BCUT2D eigenvalue weighted by Crippen LogP contribution is 2.21. The molecule has 6 nitrogen and oxygen atoms in total. The molecule has 0 aliphatic carbocycles. The number of nitrogens with one attached hydrogen (secondary N) is 1. The summed E-state index contributed by atoms with van der Waals surface area (Å²) >= 11 is 6.14. The van der Waals surface area contributed by atoms with Crippen molar-refractivity contribution in [1.29, 1.82) is 0 Å². The summed E-state index contributed by atoms with van der Waals surface area (Å²) < 4.78 is 5.48. The molecule has 7 heteroatoms. The number of anilines is 1. The summed E-state index contributed by atoms with van der Waals surface area (Å²) in [5, 5.41) is 3.34. The number of benzene rings is 1. The third-order valence-electron chi connectivity index (χ3n) is 4.27. The number of amides is 2. The lowest BCUT2D eigenvalue weighted by molar-refractivity contribution is -0.118. The van der Waals surface area contributed by atoms with Gasteiger partial charge in [0, 0.05) is 29.7 Å². The van der Waals surface area contributed by atoms with Crippen LogP contribution < -0.4 is 5.32 Å². The lowest BCUT2D eigenvalue weighted by Gasteiger charge is -2.35. The van der Waals surface area contributed by atoms with Gasteiger partial charge in [-0.1, -0.05) is 17.7 Å². The van der Waals surface area contributed by atoms with E-state index in [2.05, 4.69) is 10.3 Å². The van der Waals surface area contributed by atoms with Crippen molar-refractivity contribution in [2.75, 3.05) is 25.1 Å². The molecule has 2 aromatic rings. The molecule has 26 heavy (non-hydrogen) atoms. The van der Waals surface area contributed by atoms with E-state index in [1.165, 1.54) is 0 Å². The van der Waals surface area contributed by atoms with Crippen LogP contribution in [0.2, 0.25) is 5.02 Å². The molecular formula is C19H20ClN3O3. The second kappa shape index (κ2) is 8.29. The molecule has 0 radical (unpaired) electrons. The monoisotopic (exact) mass is 373 g/mol. The second-order valence-corrected chi connectivity index (χ2v) is 6.59. The average Bonchev–Trinajstić information content (AvgIpc) is 2.64. The van der Waals surface area contributed by atoms with E-state index in [4.69, 9.17) is 16.3 Å². The molecule has 1 aliphatic heterocycles. The van der Waals surface area contributed by atoms with Gasteiger partial charge in [-0.25, -0.2) is 0 Å². The first-order valence-corrected chi connectivity index (χ1v) is 8.77. The number of pyridine rings is 1. The van der Waals surface area contributed by atoms with Gasteiger partial charge < -0.3 is 15.0 Å². The molecule has 3 rings (SSSR count). The minimum atomic E-state index is -0.326. The number of carbonyl (C=O) groups excluding carboxylic acids is 2. The van der Waals surface area contributed by atoms with Gasteiger partial charge in [-0.2, -0.15) is 0 Å². The Morgan fingerprint density at radius 2 is 2.23 bits per heavy atom. The molecule has 2 heterocycles. The van der Waals surface area contributed by atoms with Crippen molar-refractivity contribution in [3.05, 3.63) is 58.9 Å². The van der Waals surface area contributed by atoms with Crippen molar-refractivity contribution >= 4 is 29.1 Å². The number of morpholine rings is 1. The molecule has 2 amide bonds. The van der Waals surface area contributed by atoms with Crippen molar-refractivity contribution in [2.24, 2.45) is 0 Å².